The maximum atomic E-state index is 13.0. The standard InChI is InChI=1S/C25H33N3O3/c1-3-19(2)23(27-24(29)20-9-5-4-6-10-20)25(30)26-17-21-11-7-8-12-22(21)18-28-13-15-31-16-14-28/h4-12,19,23H,3,13-18H2,1-2H3,(H,26,30)(H,27,29)/p+1/t19-,23-/m0/s1. The number of quaternary nitrogens is 1. The van der Waals surface area contributed by atoms with Gasteiger partial charge in [-0.05, 0) is 23.6 Å². The second-order valence-corrected chi connectivity index (χ2v) is 8.23. The third-order valence-electron chi connectivity index (χ3n) is 6.03. The average molecular weight is 425 g/mol. The Bertz CT molecular complexity index is 850. The fraction of sp³-hybridized carbons (Fsp3) is 0.440. The minimum Gasteiger partial charge on any atom is -0.370 e. The third-order valence-corrected chi connectivity index (χ3v) is 6.03. The van der Waals surface area contributed by atoms with Crippen LogP contribution in [0, 0.1) is 5.92 Å². The van der Waals surface area contributed by atoms with E-state index >= 15 is 0 Å². The molecule has 2 amide bonds. The molecule has 0 aliphatic carbocycles. The summed E-state index contributed by atoms with van der Waals surface area (Å²) < 4.78 is 5.46. The fourth-order valence-electron chi connectivity index (χ4n) is 3.82. The zero-order valence-electron chi connectivity index (χ0n) is 18.5. The summed E-state index contributed by atoms with van der Waals surface area (Å²) in [7, 11) is 0. The molecule has 1 heterocycles. The quantitative estimate of drug-likeness (QED) is 0.572. The van der Waals surface area contributed by atoms with Crippen molar-refractivity contribution in [2.24, 2.45) is 5.92 Å². The highest BCUT2D eigenvalue weighted by atomic mass is 16.5. The number of carbonyl (C=O) groups excluding carboxylic acids is 2. The Morgan fingerprint density at radius 2 is 1.65 bits per heavy atom. The van der Waals surface area contributed by atoms with Gasteiger partial charge in [-0.25, -0.2) is 0 Å². The number of nitrogens with one attached hydrogen (secondary N) is 3. The van der Waals surface area contributed by atoms with Crippen molar-refractivity contribution in [1.82, 2.24) is 10.6 Å². The summed E-state index contributed by atoms with van der Waals surface area (Å²) in [5.41, 5.74) is 2.92. The van der Waals surface area contributed by atoms with Crippen LogP contribution in [0.2, 0.25) is 0 Å². The lowest BCUT2D eigenvalue weighted by molar-refractivity contribution is -0.921. The van der Waals surface area contributed by atoms with E-state index in [0.717, 1.165) is 44.8 Å². The molecule has 2 atom stereocenters. The van der Waals surface area contributed by atoms with Crippen LogP contribution in [-0.2, 0) is 22.6 Å². The Morgan fingerprint density at radius 1 is 1.00 bits per heavy atom. The lowest BCUT2D eigenvalue weighted by Crippen LogP contribution is -3.12. The van der Waals surface area contributed by atoms with Crippen molar-refractivity contribution in [1.29, 1.82) is 0 Å². The van der Waals surface area contributed by atoms with Crippen LogP contribution in [0.1, 0.15) is 41.8 Å². The molecule has 1 fully saturated rings. The molecule has 1 aliphatic rings. The first-order chi connectivity index (χ1) is 15.1. The van der Waals surface area contributed by atoms with E-state index in [2.05, 4.69) is 22.8 Å². The highest BCUT2D eigenvalue weighted by Crippen LogP contribution is 2.12. The molecule has 0 saturated carbocycles. The molecule has 3 N–H and O–H groups in total. The highest BCUT2D eigenvalue weighted by molar-refractivity contribution is 5.97. The highest BCUT2D eigenvalue weighted by Gasteiger charge is 2.26. The smallest absolute Gasteiger partial charge is 0.251 e. The molecule has 166 valence electrons. The molecule has 2 aromatic rings. The Labute approximate surface area is 185 Å². The van der Waals surface area contributed by atoms with Crippen molar-refractivity contribution in [3.05, 3.63) is 71.3 Å². The summed E-state index contributed by atoms with van der Waals surface area (Å²) in [4.78, 5) is 27.2. The van der Waals surface area contributed by atoms with E-state index in [-0.39, 0.29) is 17.7 Å². The summed E-state index contributed by atoms with van der Waals surface area (Å²) in [6, 6.07) is 16.7. The monoisotopic (exact) mass is 424 g/mol. The molecule has 2 aromatic carbocycles. The molecule has 0 radical (unpaired) electrons. The van der Waals surface area contributed by atoms with Crippen molar-refractivity contribution >= 4 is 11.8 Å². The lowest BCUT2D eigenvalue weighted by Gasteiger charge is -2.25. The van der Waals surface area contributed by atoms with Crippen molar-refractivity contribution in [2.75, 3.05) is 26.3 Å². The van der Waals surface area contributed by atoms with Gasteiger partial charge in [-0.15, -0.1) is 0 Å². The van der Waals surface area contributed by atoms with Crippen LogP contribution >= 0.6 is 0 Å². The summed E-state index contributed by atoms with van der Waals surface area (Å²) in [6.07, 6.45) is 0.796. The second-order valence-electron chi connectivity index (χ2n) is 8.23. The zero-order valence-corrected chi connectivity index (χ0v) is 18.5. The predicted molar refractivity (Wildman–Crippen MR) is 121 cm³/mol. The topological polar surface area (TPSA) is 71.9 Å². The van der Waals surface area contributed by atoms with Gasteiger partial charge in [0.15, 0.2) is 0 Å². The third kappa shape index (κ3) is 6.64. The first kappa shape index (κ1) is 23.0. The number of benzene rings is 2. The summed E-state index contributed by atoms with van der Waals surface area (Å²) >= 11 is 0. The van der Waals surface area contributed by atoms with Gasteiger partial charge in [0, 0.05) is 17.7 Å². The Morgan fingerprint density at radius 3 is 2.32 bits per heavy atom. The molecule has 6 heteroatoms. The van der Waals surface area contributed by atoms with Gasteiger partial charge in [-0.1, -0.05) is 62.7 Å². The second kappa shape index (κ2) is 11.6. The molecule has 1 saturated heterocycles. The molecular formula is C25H34N3O3+. The summed E-state index contributed by atoms with van der Waals surface area (Å²) in [6.45, 7) is 9.00. The van der Waals surface area contributed by atoms with Crippen molar-refractivity contribution < 1.29 is 19.2 Å². The van der Waals surface area contributed by atoms with Crippen LogP contribution < -0.4 is 15.5 Å². The van der Waals surface area contributed by atoms with Crippen molar-refractivity contribution in [2.45, 2.75) is 39.4 Å². The molecule has 1 aliphatic heterocycles. The SMILES string of the molecule is CC[C@H](C)[C@H](NC(=O)c1ccccc1)C(=O)NCc1ccccc1C[NH+]1CCOCC1. The number of ether oxygens (including phenoxy) is 1. The van der Waals surface area contributed by atoms with Crippen LogP contribution in [-0.4, -0.2) is 44.2 Å². The van der Waals surface area contributed by atoms with Crippen molar-refractivity contribution in [3.8, 4) is 0 Å². The minimum absolute atomic E-state index is 0.0284. The number of carbonyl (C=O) groups is 2. The maximum absolute atomic E-state index is 13.0. The number of hydrogen-bond acceptors (Lipinski definition) is 3. The first-order valence-electron chi connectivity index (χ1n) is 11.2. The molecule has 0 spiro atoms. The van der Waals surface area contributed by atoms with Crippen LogP contribution in [0.25, 0.3) is 0 Å². The lowest BCUT2D eigenvalue weighted by atomic mass is 9.97. The van der Waals surface area contributed by atoms with Gasteiger partial charge < -0.3 is 20.3 Å². The molecular weight excluding hydrogens is 390 g/mol. The van der Waals surface area contributed by atoms with Crippen LogP contribution in [0.4, 0.5) is 0 Å². The Kier molecular flexibility index (Phi) is 8.62. The predicted octanol–water partition coefficient (Wildman–Crippen LogP) is 1.56. The van der Waals surface area contributed by atoms with E-state index < -0.39 is 6.04 Å². The van der Waals surface area contributed by atoms with Gasteiger partial charge in [0.1, 0.15) is 25.7 Å². The van der Waals surface area contributed by atoms with Gasteiger partial charge in [-0.3, -0.25) is 9.59 Å². The van der Waals surface area contributed by atoms with Gasteiger partial charge >= 0.3 is 0 Å². The van der Waals surface area contributed by atoms with Gasteiger partial charge in [-0.2, -0.15) is 0 Å². The number of hydrogen-bond donors (Lipinski definition) is 3. The van der Waals surface area contributed by atoms with Crippen LogP contribution in [0.15, 0.2) is 54.6 Å². The molecule has 0 unspecified atom stereocenters. The van der Waals surface area contributed by atoms with Crippen LogP contribution in [0.5, 0.6) is 0 Å². The zero-order chi connectivity index (χ0) is 22.1. The average Bonchev–Trinajstić information content (AvgIpc) is 2.82. The van der Waals surface area contributed by atoms with E-state index in [4.69, 9.17) is 4.74 Å². The normalized spacial score (nSPS) is 16.3. The minimum atomic E-state index is -0.574. The maximum Gasteiger partial charge on any atom is 0.251 e. The van der Waals surface area contributed by atoms with Gasteiger partial charge in [0.2, 0.25) is 5.91 Å². The fourth-order valence-corrected chi connectivity index (χ4v) is 3.82. The van der Waals surface area contributed by atoms with Gasteiger partial charge in [0.05, 0.1) is 13.2 Å². The van der Waals surface area contributed by atoms with E-state index in [1.165, 1.54) is 10.5 Å². The van der Waals surface area contributed by atoms with Crippen molar-refractivity contribution in [3.63, 3.8) is 0 Å². The number of morpholine rings is 1. The van der Waals surface area contributed by atoms with E-state index in [0.29, 0.717) is 12.1 Å². The molecule has 3 rings (SSSR count). The number of amides is 2. The first-order valence-corrected chi connectivity index (χ1v) is 11.2. The van der Waals surface area contributed by atoms with E-state index in [1.54, 1.807) is 12.1 Å². The Balaban J connectivity index is 1.63. The molecule has 31 heavy (non-hydrogen) atoms. The number of rotatable bonds is 9. The molecule has 6 nitrogen and oxygen atoms in total. The summed E-state index contributed by atoms with van der Waals surface area (Å²) in [5, 5.41) is 5.99. The molecule has 0 bridgehead atoms. The van der Waals surface area contributed by atoms with Gasteiger partial charge in [0.25, 0.3) is 5.91 Å². The van der Waals surface area contributed by atoms with E-state index in [1.807, 2.05) is 44.2 Å². The molecule has 0 aromatic heterocycles. The Hall–Kier alpha value is -2.70. The summed E-state index contributed by atoms with van der Waals surface area (Å²) in [5.74, 6) is -0.342. The largest absolute Gasteiger partial charge is 0.370 e. The van der Waals surface area contributed by atoms with Crippen LogP contribution in [0.3, 0.4) is 0 Å². The van der Waals surface area contributed by atoms with E-state index in [9.17, 15) is 9.59 Å².